The number of aromatic nitrogens is 1. The molecule has 3 aromatic rings. The zero-order chi connectivity index (χ0) is 15.9. The molecule has 0 fully saturated rings. The van der Waals surface area contributed by atoms with Crippen molar-refractivity contribution in [1.82, 2.24) is 4.40 Å². The van der Waals surface area contributed by atoms with Crippen LogP contribution in [0.25, 0.3) is 15.7 Å². The van der Waals surface area contributed by atoms with Crippen LogP contribution in [0.15, 0.2) is 28.5 Å². The van der Waals surface area contributed by atoms with Gasteiger partial charge in [0.05, 0.1) is 12.1 Å². The number of aromatic carboxylic acids is 1. The minimum Gasteiger partial charge on any atom is -0.493 e. The number of halogens is 1. The predicted octanol–water partition coefficient (Wildman–Crippen LogP) is 3.08. The Bertz CT molecular complexity index is 944. The number of fused-ring (bicyclic) bond motifs is 3. The smallest absolute Gasteiger partial charge is 0.342 e. The summed E-state index contributed by atoms with van der Waals surface area (Å²) in [4.78, 5) is 24.2. The third kappa shape index (κ3) is 2.05. The maximum atomic E-state index is 13.2. The van der Waals surface area contributed by atoms with Crippen molar-refractivity contribution in [3.63, 3.8) is 0 Å². The average Bonchev–Trinajstić information content (AvgIpc) is 2.96. The third-order valence-electron chi connectivity index (χ3n) is 3.39. The van der Waals surface area contributed by atoms with E-state index in [4.69, 9.17) is 4.74 Å². The number of pyridine rings is 1. The van der Waals surface area contributed by atoms with E-state index in [1.807, 2.05) is 0 Å². The molecule has 2 aromatic heterocycles. The largest absolute Gasteiger partial charge is 0.493 e. The van der Waals surface area contributed by atoms with Crippen LogP contribution in [0.3, 0.4) is 0 Å². The second-order valence-corrected chi connectivity index (χ2v) is 5.53. The Kier molecular flexibility index (Phi) is 3.58. The standard InChI is InChI=1S/C15H12FNO4S/c1-2-21-11-6-10-9(5-8(11)7-16)13(18)12(15(19)20)14-17(10)3-4-22-14/h3-6H,2,7H2,1H3,(H,19,20). The number of hydrogen-bond acceptors (Lipinski definition) is 4. The van der Waals surface area contributed by atoms with Crippen LogP contribution in [-0.2, 0) is 6.67 Å². The molecule has 1 N–H and O–H groups in total. The minimum atomic E-state index is -1.29. The summed E-state index contributed by atoms with van der Waals surface area (Å²) in [5.74, 6) is -0.928. The second-order valence-electron chi connectivity index (χ2n) is 4.63. The zero-order valence-corrected chi connectivity index (χ0v) is 12.4. The van der Waals surface area contributed by atoms with Crippen LogP contribution in [0.4, 0.5) is 4.39 Å². The molecule has 0 aliphatic heterocycles. The van der Waals surface area contributed by atoms with E-state index in [9.17, 15) is 19.1 Å². The normalized spacial score (nSPS) is 11.2. The molecule has 0 saturated carbocycles. The predicted molar refractivity (Wildman–Crippen MR) is 82.0 cm³/mol. The number of hydrogen-bond donors (Lipinski definition) is 1. The zero-order valence-electron chi connectivity index (χ0n) is 11.6. The number of carbonyl (C=O) groups is 1. The van der Waals surface area contributed by atoms with Crippen LogP contribution in [0.2, 0.25) is 0 Å². The van der Waals surface area contributed by atoms with Gasteiger partial charge in [-0.3, -0.25) is 4.79 Å². The molecule has 0 bridgehead atoms. The van der Waals surface area contributed by atoms with Crippen molar-refractivity contribution < 1.29 is 19.0 Å². The summed E-state index contributed by atoms with van der Waals surface area (Å²) < 4.78 is 20.2. The Morgan fingerprint density at radius 3 is 2.86 bits per heavy atom. The van der Waals surface area contributed by atoms with Crippen molar-refractivity contribution in [2.45, 2.75) is 13.6 Å². The first-order chi connectivity index (χ1) is 10.6. The SMILES string of the molecule is CCOc1cc2c(cc1CF)c(=O)c(C(=O)O)c1sccn12. The van der Waals surface area contributed by atoms with Crippen LogP contribution >= 0.6 is 11.3 Å². The number of rotatable bonds is 4. The molecule has 7 heteroatoms. The lowest BCUT2D eigenvalue weighted by Gasteiger charge is -2.11. The van der Waals surface area contributed by atoms with Crippen molar-refractivity contribution in [1.29, 1.82) is 0 Å². The topological polar surface area (TPSA) is 68.0 Å². The highest BCUT2D eigenvalue weighted by atomic mass is 32.1. The fourth-order valence-corrected chi connectivity index (χ4v) is 3.34. The van der Waals surface area contributed by atoms with Gasteiger partial charge < -0.3 is 14.2 Å². The van der Waals surface area contributed by atoms with Crippen molar-refractivity contribution in [3.05, 3.63) is 45.1 Å². The highest BCUT2D eigenvalue weighted by Crippen LogP contribution is 2.28. The van der Waals surface area contributed by atoms with Crippen molar-refractivity contribution in [2.75, 3.05) is 6.61 Å². The van der Waals surface area contributed by atoms with E-state index >= 15 is 0 Å². The van der Waals surface area contributed by atoms with E-state index < -0.39 is 18.1 Å². The first-order valence-corrected chi connectivity index (χ1v) is 7.47. The van der Waals surface area contributed by atoms with Gasteiger partial charge in [0.15, 0.2) is 0 Å². The molecule has 2 heterocycles. The molecule has 0 aliphatic carbocycles. The Balaban J connectivity index is 2.51. The number of benzene rings is 1. The lowest BCUT2D eigenvalue weighted by molar-refractivity contribution is 0.0697. The molecule has 0 radical (unpaired) electrons. The van der Waals surface area contributed by atoms with Crippen LogP contribution in [0.1, 0.15) is 22.8 Å². The number of carboxylic acids is 1. The molecule has 0 amide bonds. The van der Waals surface area contributed by atoms with E-state index in [2.05, 4.69) is 0 Å². The van der Waals surface area contributed by atoms with Crippen molar-refractivity contribution >= 4 is 33.0 Å². The number of thiazole rings is 1. The lowest BCUT2D eigenvalue weighted by Crippen LogP contribution is -2.17. The van der Waals surface area contributed by atoms with Crippen molar-refractivity contribution in [2.24, 2.45) is 0 Å². The number of carboxylic acid groups (broad SMARTS) is 1. The summed E-state index contributed by atoms with van der Waals surface area (Å²) in [5, 5.41) is 11.2. The molecule has 3 rings (SSSR count). The molecule has 0 aliphatic rings. The molecule has 1 aromatic carbocycles. The van der Waals surface area contributed by atoms with Gasteiger partial charge in [-0.05, 0) is 13.0 Å². The Morgan fingerprint density at radius 1 is 1.45 bits per heavy atom. The Hall–Kier alpha value is -2.41. The molecule has 0 unspecified atom stereocenters. The van der Waals surface area contributed by atoms with E-state index in [1.165, 1.54) is 17.4 Å². The van der Waals surface area contributed by atoms with Crippen LogP contribution in [0, 0.1) is 0 Å². The maximum Gasteiger partial charge on any atom is 0.342 e. The summed E-state index contributed by atoms with van der Waals surface area (Å²) in [6, 6.07) is 2.96. The van der Waals surface area contributed by atoms with Gasteiger partial charge in [0.2, 0.25) is 5.43 Å². The first kappa shape index (κ1) is 14.5. The third-order valence-corrected chi connectivity index (χ3v) is 4.27. The molecular weight excluding hydrogens is 309 g/mol. The van der Waals surface area contributed by atoms with E-state index in [0.717, 1.165) is 0 Å². The average molecular weight is 321 g/mol. The number of alkyl halides is 1. The lowest BCUT2D eigenvalue weighted by atomic mass is 10.1. The maximum absolute atomic E-state index is 13.2. The van der Waals surface area contributed by atoms with Gasteiger partial charge in [-0.2, -0.15) is 0 Å². The minimum absolute atomic E-state index is 0.171. The summed E-state index contributed by atoms with van der Waals surface area (Å²) in [5.41, 5.74) is -0.163. The number of ether oxygens (including phenoxy) is 1. The van der Waals surface area contributed by atoms with E-state index in [1.54, 1.807) is 29.0 Å². The number of nitrogens with zero attached hydrogens (tertiary/aromatic N) is 1. The molecule has 0 spiro atoms. The monoisotopic (exact) mass is 321 g/mol. The molecule has 5 nitrogen and oxygen atoms in total. The van der Waals surface area contributed by atoms with Crippen LogP contribution in [-0.4, -0.2) is 22.1 Å². The Morgan fingerprint density at radius 2 is 2.23 bits per heavy atom. The molecule has 0 saturated heterocycles. The summed E-state index contributed by atoms with van der Waals surface area (Å²) >= 11 is 1.17. The van der Waals surface area contributed by atoms with E-state index in [0.29, 0.717) is 22.7 Å². The summed E-state index contributed by atoms with van der Waals surface area (Å²) in [6.45, 7) is 1.36. The molecule has 114 valence electrons. The fraction of sp³-hybridized carbons (Fsp3) is 0.200. The van der Waals surface area contributed by atoms with Gasteiger partial charge in [0.25, 0.3) is 0 Å². The van der Waals surface area contributed by atoms with Crippen LogP contribution in [0.5, 0.6) is 5.75 Å². The highest BCUT2D eigenvalue weighted by Gasteiger charge is 2.20. The molecule has 22 heavy (non-hydrogen) atoms. The fourth-order valence-electron chi connectivity index (χ4n) is 2.46. The summed E-state index contributed by atoms with van der Waals surface area (Å²) in [7, 11) is 0. The van der Waals surface area contributed by atoms with Gasteiger partial charge in [0.1, 0.15) is 22.8 Å². The van der Waals surface area contributed by atoms with Gasteiger partial charge in [-0.25, -0.2) is 9.18 Å². The van der Waals surface area contributed by atoms with Crippen LogP contribution < -0.4 is 10.2 Å². The quantitative estimate of drug-likeness (QED) is 0.802. The second kappa shape index (κ2) is 5.42. The first-order valence-electron chi connectivity index (χ1n) is 6.59. The molecular formula is C15H12FNO4S. The van der Waals surface area contributed by atoms with Gasteiger partial charge in [-0.15, -0.1) is 11.3 Å². The summed E-state index contributed by atoms with van der Waals surface area (Å²) in [6.07, 6.45) is 1.68. The van der Waals surface area contributed by atoms with Gasteiger partial charge in [0, 0.05) is 28.6 Å². The highest BCUT2D eigenvalue weighted by molar-refractivity contribution is 7.16. The van der Waals surface area contributed by atoms with Crippen molar-refractivity contribution in [3.8, 4) is 5.75 Å². The molecule has 0 atom stereocenters. The van der Waals surface area contributed by atoms with Gasteiger partial charge >= 0.3 is 5.97 Å². The van der Waals surface area contributed by atoms with Gasteiger partial charge in [-0.1, -0.05) is 0 Å². The van der Waals surface area contributed by atoms with E-state index in [-0.39, 0.29) is 16.5 Å². The Labute approximate surface area is 128 Å².